The van der Waals surface area contributed by atoms with Gasteiger partial charge in [0.25, 0.3) is 0 Å². The Kier molecular flexibility index (Phi) is 5.93. The maximum atomic E-state index is 11.6. The van der Waals surface area contributed by atoms with E-state index in [9.17, 15) is 4.79 Å². The summed E-state index contributed by atoms with van der Waals surface area (Å²) in [5.74, 6) is 2.67. The maximum Gasteiger partial charge on any atom is 0.222 e. The van der Waals surface area contributed by atoms with Gasteiger partial charge in [-0.1, -0.05) is 12.1 Å². The molecular formula is C24H26N4O2. The molecule has 1 aromatic carbocycles. The second-order valence-electron chi connectivity index (χ2n) is 7.65. The van der Waals surface area contributed by atoms with Gasteiger partial charge in [0.15, 0.2) is 0 Å². The third-order valence-corrected chi connectivity index (χ3v) is 5.43. The van der Waals surface area contributed by atoms with Crippen molar-refractivity contribution in [2.45, 2.75) is 32.6 Å². The van der Waals surface area contributed by atoms with Crippen molar-refractivity contribution in [3.63, 3.8) is 0 Å². The number of anilines is 2. The first kappa shape index (κ1) is 19.9. The van der Waals surface area contributed by atoms with Gasteiger partial charge in [-0.2, -0.15) is 0 Å². The van der Waals surface area contributed by atoms with Crippen molar-refractivity contribution >= 4 is 17.4 Å². The van der Waals surface area contributed by atoms with Crippen LogP contribution in [0.3, 0.4) is 0 Å². The van der Waals surface area contributed by atoms with Crippen LogP contribution in [0.5, 0.6) is 11.6 Å². The van der Waals surface area contributed by atoms with Crippen LogP contribution < -0.4 is 10.1 Å². The molecule has 1 aliphatic rings. The second kappa shape index (κ2) is 8.95. The Bertz CT molecular complexity index is 994. The zero-order valence-corrected chi connectivity index (χ0v) is 17.3. The van der Waals surface area contributed by atoms with E-state index in [1.54, 1.807) is 13.1 Å². The Morgan fingerprint density at radius 2 is 1.83 bits per heavy atom. The summed E-state index contributed by atoms with van der Waals surface area (Å²) in [5, 5.41) is 3.28. The zero-order valence-electron chi connectivity index (χ0n) is 17.3. The van der Waals surface area contributed by atoms with Gasteiger partial charge in [0.2, 0.25) is 11.8 Å². The first-order valence-electron chi connectivity index (χ1n) is 10.3. The van der Waals surface area contributed by atoms with Crippen LogP contribution in [-0.4, -0.2) is 33.9 Å². The molecule has 1 aliphatic heterocycles. The third-order valence-electron chi connectivity index (χ3n) is 5.43. The van der Waals surface area contributed by atoms with Crippen LogP contribution in [0.4, 0.5) is 11.5 Å². The van der Waals surface area contributed by atoms with Crippen molar-refractivity contribution < 1.29 is 9.53 Å². The SMILES string of the molecule is CC(=O)N1CCC(c2cccnc2Oc2ccc(Nc3ccc(C)cn3)cc2)CC1. The van der Waals surface area contributed by atoms with Crippen LogP contribution in [0.15, 0.2) is 60.9 Å². The number of likely N-dealkylation sites (tertiary alicyclic amines) is 1. The van der Waals surface area contributed by atoms with Crippen LogP contribution >= 0.6 is 0 Å². The van der Waals surface area contributed by atoms with Crippen molar-refractivity contribution in [2.75, 3.05) is 18.4 Å². The average Bonchev–Trinajstić information content (AvgIpc) is 2.77. The summed E-state index contributed by atoms with van der Waals surface area (Å²) in [6, 6.07) is 15.8. The molecule has 3 heterocycles. The normalized spacial score (nSPS) is 14.4. The molecular weight excluding hydrogens is 376 g/mol. The lowest BCUT2D eigenvalue weighted by molar-refractivity contribution is -0.129. The minimum absolute atomic E-state index is 0.144. The second-order valence-corrected chi connectivity index (χ2v) is 7.65. The summed E-state index contributed by atoms with van der Waals surface area (Å²) >= 11 is 0. The highest BCUT2D eigenvalue weighted by Crippen LogP contribution is 2.35. The Morgan fingerprint density at radius 1 is 1.07 bits per heavy atom. The predicted octanol–water partition coefficient (Wildman–Crippen LogP) is 5.05. The molecule has 2 aromatic heterocycles. The fraction of sp³-hybridized carbons (Fsp3) is 0.292. The molecule has 0 saturated carbocycles. The lowest BCUT2D eigenvalue weighted by atomic mass is 9.90. The molecule has 0 atom stereocenters. The fourth-order valence-corrected chi connectivity index (χ4v) is 3.71. The van der Waals surface area contributed by atoms with Gasteiger partial charge >= 0.3 is 0 Å². The summed E-state index contributed by atoms with van der Waals surface area (Å²) in [5.41, 5.74) is 3.17. The summed E-state index contributed by atoms with van der Waals surface area (Å²) in [7, 11) is 0. The van der Waals surface area contributed by atoms with Gasteiger partial charge in [-0.05, 0) is 67.6 Å². The Hall–Kier alpha value is -3.41. The summed E-state index contributed by atoms with van der Waals surface area (Å²) in [6.45, 7) is 5.21. The first-order chi connectivity index (χ1) is 14.6. The minimum Gasteiger partial charge on any atom is -0.439 e. The van der Waals surface area contributed by atoms with Gasteiger partial charge in [-0.15, -0.1) is 0 Å². The van der Waals surface area contributed by atoms with Gasteiger partial charge in [-0.25, -0.2) is 9.97 Å². The van der Waals surface area contributed by atoms with Gasteiger partial charge in [-0.3, -0.25) is 4.79 Å². The molecule has 6 nitrogen and oxygen atoms in total. The number of nitrogens with one attached hydrogen (secondary N) is 1. The molecule has 6 heteroatoms. The van der Waals surface area contributed by atoms with E-state index >= 15 is 0 Å². The zero-order chi connectivity index (χ0) is 20.9. The fourth-order valence-electron chi connectivity index (χ4n) is 3.71. The van der Waals surface area contributed by atoms with Crippen molar-refractivity contribution in [1.82, 2.24) is 14.9 Å². The standard InChI is InChI=1S/C24H26N4O2/c1-17-5-10-23(26-16-17)27-20-6-8-21(9-7-20)30-24-22(4-3-13-25-24)19-11-14-28(15-12-19)18(2)29/h3-10,13,16,19H,11-12,14-15H2,1-2H3,(H,26,27). The van der Waals surface area contributed by atoms with Crippen LogP contribution in [0.1, 0.15) is 36.8 Å². The minimum atomic E-state index is 0.144. The van der Waals surface area contributed by atoms with Crippen molar-refractivity contribution in [1.29, 1.82) is 0 Å². The number of amides is 1. The lowest BCUT2D eigenvalue weighted by Crippen LogP contribution is -2.36. The van der Waals surface area contributed by atoms with Crippen molar-refractivity contribution in [2.24, 2.45) is 0 Å². The molecule has 0 aliphatic carbocycles. The average molecular weight is 402 g/mol. The van der Waals surface area contributed by atoms with E-state index in [1.807, 2.05) is 60.5 Å². The maximum absolute atomic E-state index is 11.6. The number of ether oxygens (including phenoxy) is 1. The number of hydrogen-bond acceptors (Lipinski definition) is 5. The number of carbonyl (C=O) groups is 1. The van der Waals surface area contributed by atoms with E-state index in [0.29, 0.717) is 11.8 Å². The highest BCUT2D eigenvalue weighted by atomic mass is 16.5. The van der Waals surface area contributed by atoms with Crippen LogP contribution in [0.2, 0.25) is 0 Å². The van der Waals surface area contributed by atoms with Gasteiger partial charge in [0.05, 0.1) is 0 Å². The Balaban J connectivity index is 1.43. The highest BCUT2D eigenvalue weighted by molar-refractivity contribution is 5.73. The number of rotatable bonds is 5. The van der Waals surface area contributed by atoms with Crippen LogP contribution in [0.25, 0.3) is 0 Å². The van der Waals surface area contributed by atoms with E-state index in [2.05, 4.69) is 21.4 Å². The molecule has 0 bridgehead atoms. The lowest BCUT2D eigenvalue weighted by Gasteiger charge is -2.31. The molecule has 3 aromatic rings. The van der Waals surface area contributed by atoms with Crippen LogP contribution in [-0.2, 0) is 4.79 Å². The highest BCUT2D eigenvalue weighted by Gasteiger charge is 2.24. The third kappa shape index (κ3) is 4.76. The summed E-state index contributed by atoms with van der Waals surface area (Å²) in [4.78, 5) is 22.3. The van der Waals surface area contributed by atoms with Gasteiger partial charge in [0.1, 0.15) is 11.6 Å². The van der Waals surface area contributed by atoms with Crippen LogP contribution in [0, 0.1) is 6.92 Å². The largest absolute Gasteiger partial charge is 0.439 e. The molecule has 1 N–H and O–H groups in total. The first-order valence-corrected chi connectivity index (χ1v) is 10.3. The molecule has 1 amide bonds. The van der Waals surface area contributed by atoms with E-state index in [0.717, 1.165) is 54.3 Å². The number of piperidine rings is 1. The number of aromatic nitrogens is 2. The Labute approximate surface area is 176 Å². The van der Waals surface area contributed by atoms with E-state index in [-0.39, 0.29) is 5.91 Å². The molecule has 30 heavy (non-hydrogen) atoms. The van der Waals surface area contributed by atoms with Crippen molar-refractivity contribution in [3.8, 4) is 11.6 Å². The van der Waals surface area contributed by atoms with Gasteiger partial charge < -0.3 is 15.0 Å². The predicted molar refractivity (Wildman–Crippen MR) is 117 cm³/mol. The number of carbonyl (C=O) groups excluding carboxylic acids is 1. The summed E-state index contributed by atoms with van der Waals surface area (Å²) < 4.78 is 6.12. The number of benzene rings is 1. The molecule has 0 radical (unpaired) electrons. The van der Waals surface area contributed by atoms with Crippen molar-refractivity contribution in [3.05, 3.63) is 72.1 Å². The van der Waals surface area contributed by atoms with E-state index in [1.165, 1.54) is 0 Å². The molecule has 1 fully saturated rings. The quantitative estimate of drug-likeness (QED) is 0.647. The van der Waals surface area contributed by atoms with E-state index in [4.69, 9.17) is 4.74 Å². The Morgan fingerprint density at radius 3 is 2.50 bits per heavy atom. The van der Waals surface area contributed by atoms with E-state index < -0.39 is 0 Å². The number of hydrogen-bond donors (Lipinski definition) is 1. The van der Waals surface area contributed by atoms with Gasteiger partial charge in [0, 0.05) is 43.7 Å². The topological polar surface area (TPSA) is 67.4 Å². The molecule has 1 saturated heterocycles. The number of pyridine rings is 2. The number of nitrogens with zero attached hydrogens (tertiary/aromatic N) is 3. The molecule has 0 unspecified atom stereocenters. The monoisotopic (exact) mass is 402 g/mol. The molecule has 4 rings (SSSR count). The summed E-state index contributed by atoms with van der Waals surface area (Å²) in [6.07, 6.45) is 5.44. The smallest absolute Gasteiger partial charge is 0.222 e. The number of aryl methyl sites for hydroxylation is 1. The molecule has 154 valence electrons. The molecule has 0 spiro atoms.